The maximum Gasteiger partial charge on any atom is 0.242 e. The van der Waals surface area contributed by atoms with Gasteiger partial charge in [0.15, 0.2) is 11.1 Å². The van der Waals surface area contributed by atoms with Crippen molar-refractivity contribution in [3.63, 3.8) is 0 Å². The number of nitrogens with zero attached hydrogens (tertiary/aromatic N) is 1. The van der Waals surface area contributed by atoms with Gasteiger partial charge in [-0.15, -0.1) is 0 Å². The third-order valence-electron chi connectivity index (χ3n) is 6.62. The molecule has 2 atom stereocenters. The summed E-state index contributed by atoms with van der Waals surface area (Å²) in [5, 5.41) is 12.3. The zero-order valence-corrected chi connectivity index (χ0v) is 27.8. The molecule has 0 aromatic rings. The lowest BCUT2D eigenvalue weighted by Gasteiger charge is -2.20. The van der Waals surface area contributed by atoms with Gasteiger partial charge in [-0.2, -0.15) is 0 Å². The largest absolute Gasteiger partial charge is 0.370 e. The minimum Gasteiger partial charge on any atom is -0.370 e. The number of nitrogens with one attached hydrogen (secondary N) is 5. The number of hydrogen-bond donors (Lipinski definition) is 7. The zero-order chi connectivity index (χ0) is 31.6. The summed E-state index contributed by atoms with van der Waals surface area (Å²) in [6.07, 6.45) is 16.9. The average molecular weight is 635 g/mol. The summed E-state index contributed by atoms with van der Waals surface area (Å²) in [5.41, 5.74) is 10.5. The summed E-state index contributed by atoms with van der Waals surface area (Å²) >= 11 is 5.34. The van der Waals surface area contributed by atoms with Crippen molar-refractivity contribution in [3.8, 4) is 0 Å². The van der Waals surface area contributed by atoms with E-state index >= 15 is 0 Å². The highest BCUT2D eigenvalue weighted by Crippen LogP contribution is 2.10. The lowest BCUT2D eigenvalue weighted by atomic mass is 10.1. The fourth-order valence-electron chi connectivity index (χ4n) is 4.24. The second kappa shape index (κ2) is 25.3. The number of thiocarbonyl (C=S) groups is 1. The van der Waals surface area contributed by atoms with Crippen molar-refractivity contribution < 1.29 is 18.0 Å². The second-order valence-corrected chi connectivity index (χ2v) is 13.0. The van der Waals surface area contributed by atoms with Crippen LogP contribution < -0.4 is 37.5 Å². The van der Waals surface area contributed by atoms with Gasteiger partial charge in [0.1, 0.15) is 12.1 Å². The summed E-state index contributed by atoms with van der Waals surface area (Å²) < 4.78 is 26.0. The third kappa shape index (κ3) is 25.5. The maximum atomic E-state index is 12.8. The van der Waals surface area contributed by atoms with Crippen molar-refractivity contribution in [2.75, 3.05) is 32.4 Å². The van der Waals surface area contributed by atoms with Crippen LogP contribution in [0.1, 0.15) is 110 Å². The Labute approximate surface area is 259 Å². The van der Waals surface area contributed by atoms with Crippen LogP contribution in [0.15, 0.2) is 4.99 Å². The summed E-state index contributed by atoms with van der Waals surface area (Å²) in [6, 6.07) is -1.80. The molecule has 42 heavy (non-hydrogen) atoms. The number of rotatable bonds is 26. The van der Waals surface area contributed by atoms with Crippen molar-refractivity contribution >= 4 is 45.1 Å². The Kier molecular flexibility index (Phi) is 24.0. The van der Waals surface area contributed by atoms with E-state index in [1.165, 1.54) is 57.8 Å². The molecule has 0 aromatic heterocycles. The first-order chi connectivity index (χ1) is 20.0. The van der Waals surface area contributed by atoms with Gasteiger partial charge >= 0.3 is 0 Å². The topological polar surface area (TPSA) is 193 Å². The number of nitrogens with two attached hydrogens (primary N) is 2. The van der Waals surface area contributed by atoms with Gasteiger partial charge in [0, 0.05) is 26.2 Å². The Balaban J connectivity index is 4.17. The fourth-order valence-corrected chi connectivity index (χ4v) is 5.19. The molecule has 0 fully saturated rings. The average Bonchev–Trinajstić information content (AvgIpc) is 2.91. The highest BCUT2D eigenvalue weighted by molar-refractivity contribution is 7.88. The molecule has 0 aromatic carbocycles. The molecule has 246 valence electrons. The predicted octanol–water partition coefficient (Wildman–Crippen LogP) is 2.13. The van der Waals surface area contributed by atoms with Crippen LogP contribution in [-0.4, -0.2) is 75.8 Å². The van der Waals surface area contributed by atoms with Gasteiger partial charge in [0.05, 0.1) is 6.26 Å². The lowest BCUT2D eigenvalue weighted by Crippen LogP contribution is -2.52. The fraction of sp³-hybridized carbons (Fsp3) is 0.857. The highest BCUT2D eigenvalue weighted by atomic mass is 32.2. The lowest BCUT2D eigenvalue weighted by molar-refractivity contribution is -0.129. The van der Waals surface area contributed by atoms with Crippen LogP contribution in [0.3, 0.4) is 0 Å². The van der Waals surface area contributed by atoms with Crippen molar-refractivity contribution in [2.24, 2.45) is 16.5 Å². The molecule has 0 spiro atoms. The zero-order valence-electron chi connectivity index (χ0n) is 26.1. The van der Waals surface area contributed by atoms with Gasteiger partial charge < -0.3 is 32.7 Å². The second-order valence-electron chi connectivity index (χ2n) is 10.8. The molecule has 0 radical (unpaired) electrons. The molecule has 0 saturated heterocycles. The van der Waals surface area contributed by atoms with E-state index in [-0.39, 0.29) is 11.9 Å². The number of aliphatic imine (C=N–C) groups is 1. The number of sulfonamides is 1. The predicted molar refractivity (Wildman–Crippen MR) is 177 cm³/mol. The van der Waals surface area contributed by atoms with Crippen LogP contribution in [0.5, 0.6) is 0 Å². The maximum absolute atomic E-state index is 12.8. The first-order valence-electron chi connectivity index (χ1n) is 15.6. The van der Waals surface area contributed by atoms with E-state index in [1.54, 1.807) is 6.92 Å². The minimum absolute atomic E-state index is 0.0270. The van der Waals surface area contributed by atoms with E-state index in [1.807, 2.05) is 0 Å². The molecule has 12 nitrogen and oxygen atoms in total. The molecule has 2 amide bonds. The minimum atomic E-state index is -3.62. The smallest absolute Gasteiger partial charge is 0.242 e. The summed E-state index contributed by atoms with van der Waals surface area (Å²) in [5.74, 6) is -0.872. The molecule has 0 unspecified atom stereocenters. The molecular weight excluding hydrogens is 576 g/mol. The van der Waals surface area contributed by atoms with Crippen molar-refractivity contribution in [1.82, 2.24) is 26.0 Å². The quantitative estimate of drug-likeness (QED) is 0.0323. The number of hydrogen-bond acceptors (Lipinski definition) is 6. The molecule has 0 saturated carbocycles. The van der Waals surface area contributed by atoms with E-state index in [0.717, 1.165) is 19.2 Å². The molecule has 0 rings (SSSR count). The van der Waals surface area contributed by atoms with Crippen molar-refractivity contribution in [1.29, 1.82) is 0 Å². The highest BCUT2D eigenvalue weighted by Gasteiger charge is 2.25. The number of carbonyl (C=O) groups excluding carboxylic acids is 2. The summed E-state index contributed by atoms with van der Waals surface area (Å²) in [4.78, 5) is 29.0. The van der Waals surface area contributed by atoms with E-state index in [2.05, 4.69) is 37.9 Å². The first kappa shape index (κ1) is 39.8. The van der Waals surface area contributed by atoms with Crippen LogP contribution in [0.2, 0.25) is 0 Å². The van der Waals surface area contributed by atoms with Gasteiger partial charge in [0.25, 0.3) is 0 Å². The molecule has 9 N–H and O–H groups in total. The summed E-state index contributed by atoms with van der Waals surface area (Å²) in [6.45, 7) is 6.13. The normalized spacial score (nSPS) is 12.6. The Morgan fingerprint density at radius 3 is 1.81 bits per heavy atom. The van der Waals surface area contributed by atoms with Gasteiger partial charge in [-0.25, -0.2) is 13.1 Å². The van der Waals surface area contributed by atoms with Crippen LogP contribution in [0.25, 0.3) is 0 Å². The molecule has 0 aliphatic rings. The number of unbranched alkanes of at least 4 members (excludes halogenated alkanes) is 11. The Morgan fingerprint density at radius 1 is 0.762 bits per heavy atom. The van der Waals surface area contributed by atoms with Gasteiger partial charge in [-0.1, -0.05) is 64.7 Å². The van der Waals surface area contributed by atoms with Crippen molar-refractivity contribution in [2.45, 2.75) is 122 Å². The van der Waals surface area contributed by atoms with E-state index < -0.39 is 28.0 Å². The van der Waals surface area contributed by atoms with Gasteiger partial charge in [-0.05, 0) is 57.7 Å². The molecule has 0 bridgehead atoms. The Hall–Kier alpha value is -2.19. The number of guanidine groups is 1. The molecule has 0 aliphatic heterocycles. The third-order valence-corrected chi connectivity index (χ3v) is 7.63. The molecule has 0 heterocycles. The van der Waals surface area contributed by atoms with Crippen LogP contribution in [0, 0.1) is 0 Å². The van der Waals surface area contributed by atoms with E-state index in [0.29, 0.717) is 56.9 Å². The number of carbonyl (C=O) groups is 2. The SMILES string of the molecule is CCCCCCCCCCCCNC(=S)NCCCC[C@H](NS(C)(=O)=O)C(=O)N[C@H](C)C(=O)NCCCCN=C(N)N. The van der Waals surface area contributed by atoms with Crippen molar-refractivity contribution in [3.05, 3.63) is 0 Å². The van der Waals surface area contributed by atoms with E-state index in [4.69, 9.17) is 23.7 Å². The van der Waals surface area contributed by atoms with E-state index in [9.17, 15) is 18.0 Å². The number of amides is 2. The Morgan fingerprint density at radius 2 is 1.26 bits per heavy atom. The molecule has 14 heteroatoms. The summed E-state index contributed by atoms with van der Waals surface area (Å²) in [7, 11) is -3.62. The monoisotopic (exact) mass is 634 g/mol. The molecule has 0 aliphatic carbocycles. The molecular formula is C28H58N8O4S2. The van der Waals surface area contributed by atoms with Crippen LogP contribution in [-0.2, 0) is 19.6 Å². The van der Waals surface area contributed by atoms with Gasteiger partial charge in [-0.3, -0.25) is 14.6 Å². The van der Waals surface area contributed by atoms with Crippen LogP contribution in [0.4, 0.5) is 0 Å². The van der Waals surface area contributed by atoms with Crippen LogP contribution >= 0.6 is 12.2 Å². The standard InChI is InChI=1S/C28H58N8O4S2/c1-4-5-6-7-8-9-10-11-12-14-21-33-28(41)34-22-15-13-18-24(36-42(3,39)40)26(38)35-23(2)25(37)31-19-16-17-20-32-27(29)30/h23-24,36H,4-22H2,1-3H3,(H,31,37)(H,35,38)(H4,29,30,32)(H2,33,34,41)/t23-,24+/m1/s1. The van der Waals surface area contributed by atoms with Gasteiger partial charge in [0.2, 0.25) is 21.8 Å². The Bertz CT molecular complexity index is 883. The first-order valence-corrected chi connectivity index (χ1v) is 17.9.